The van der Waals surface area contributed by atoms with Crippen molar-refractivity contribution in [3.8, 4) is 0 Å². The topological polar surface area (TPSA) is 29.5 Å². The van der Waals surface area contributed by atoms with E-state index in [0.29, 0.717) is 19.6 Å². The summed E-state index contributed by atoms with van der Waals surface area (Å²) in [5.74, 6) is 0. The van der Waals surface area contributed by atoms with Crippen molar-refractivity contribution >= 4 is 0 Å². The van der Waals surface area contributed by atoms with E-state index in [4.69, 9.17) is 4.74 Å². The number of allylic oxidation sites excluding steroid dienone is 1. The highest BCUT2D eigenvalue weighted by Crippen LogP contribution is 2.02. The summed E-state index contributed by atoms with van der Waals surface area (Å²) in [4.78, 5) is 0. The van der Waals surface area contributed by atoms with Crippen LogP contribution in [0.5, 0.6) is 0 Å². The molecular weight excluding hydrogens is 188 g/mol. The average molecular weight is 206 g/mol. The van der Waals surface area contributed by atoms with Gasteiger partial charge in [-0.3, -0.25) is 0 Å². The van der Waals surface area contributed by atoms with Crippen LogP contribution in [0.1, 0.15) is 18.9 Å². The predicted molar refractivity (Wildman–Crippen MR) is 61.5 cm³/mol. The Morgan fingerprint density at radius 1 is 1.33 bits per heavy atom. The van der Waals surface area contributed by atoms with Gasteiger partial charge in [0, 0.05) is 13.0 Å². The highest BCUT2D eigenvalue weighted by atomic mass is 16.5. The van der Waals surface area contributed by atoms with Gasteiger partial charge in [0.25, 0.3) is 0 Å². The molecule has 0 saturated heterocycles. The van der Waals surface area contributed by atoms with Crippen LogP contribution >= 0.6 is 0 Å². The molecule has 0 fully saturated rings. The lowest BCUT2D eigenvalue weighted by molar-refractivity contribution is 0.0883. The summed E-state index contributed by atoms with van der Waals surface area (Å²) in [6.45, 7) is 3.10. The number of aliphatic hydroxyl groups is 1. The Hall–Kier alpha value is -1.12. The van der Waals surface area contributed by atoms with E-state index in [0.717, 1.165) is 5.56 Å². The maximum absolute atomic E-state index is 9.38. The molecule has 0 bridgehead atoms. The Bertz CT molecular complexity index is 280. The normalized spacial score (nSPS) is 13.2. The molecule has 0 aromatic heterocycles. The van der Waals surface area contributed by atoms with Crippen LogP contribution in [-0.4, -0.2) is 17.8 Å². The average Bonchev–Trinajstić information content (AvgIpc) is 2.26. The van der Waals surface area contributed by atoms with Gasteiger partial charge in [-0.25, -0.2) is 0 Å². The van der Waals surface area contributed by atoms with Crippen LogP contribution in [0, 0.1) is 0 Å². The van der Waals surface area contributed by atoms with Crippen molar-refractivity contribution in [2.45, 2.75) is 26.1 Å². The second kappa shape index (κ2) is 7.21. The van der Waals surface area contributed by atoms with Crippen LogP contribution in [0.3, 0.4) is 0 Å². The van der Waals surface area contributed by atoms with Crippen LogP contribution in [0.2, 0.25) is 0 Å². The lowest BCUT2D eigenvalue weighted by atomic mass is 10.2. The third-order valence-electron chi connectivity index (χ3n) is 2.08. The zero-order valence-electron chi connectivity index (χ0n) is 9.10. The lowest BCUT2D eigenvalue weighted by Gasteiger charge is -2.06. The molecule has 1 aromatic carbocycles. The molecule has 0 amide bonds. The van der Waals surface area contributed by atoms with Crippen LogP contribution in [0.4, 0.5) is 0 Å². The molecule has 1 aromatic rings. The Balaban J connectivity index is 2.12. The Morgan fingerprint density at radius 3 is 2.73 bits per heavy atom. The molecule has 1 atom stereocenters. The van der Waals surface area contributed by atoms with Gasteiger partial charge in [0.05, 0.1) is 12.7 Å². The third kappa shape index (κ3) is 5.35. The Morgan fingerprint density at radius 2 is 2.07 bits per heavy atom. The molecule has 0 aliphatic heterocycles. The van der Waals surface area contributed by atoms with Crippen molar-refractivity contribution in [1.29, 1.82) is 0 Å². The molecule has 2 heteroatoms. The third-order valence-corrected chi connectivity index (χ3v) is 2.08. The van der Waals surface area contributed by atoms with Gasteiger partial charge >= 0.3 is 0 Å². The van der Waals surface area contributed by atoms with Gasteiger partial charge < -0.3 is 9.84 Å². The van der Waals surface area contributed by atoms with Crippen LogP contribution < -0.4 is 0 Å². The summed E-state index contributed by atoms with van der Waals surface area (Å²) in [7, 11) is 0. The van der Waals surface area contributed by atoms with Gasteiger partial charge in [-0.05, 0) is 12.5 Å². The first-order valence-electron chi connectivity index (χ1n) is 5.25. The fraction of sp³-hybridized carbons (Fsp3) is 0.385. The summed E-state index contributed by atoms with van der Waals surface area (Å²) in [5, 5.41) is 9.38. The highest BCUT2D eigenvalue weighted by molar-refractivity contribution is 5.13. The van der Waals surface area contributed by atoms with Crippen LogP contribution in [-0.2, 0) is 11.3 Å². The minimum Gasteiger partial charge on any atom is -0.389 e. The fourth-order valence-corrected chi connectivity index (χ4v) is 1.29. The second-order valence-electron chi connectivity index (χ2n) is 3.42. The predicted octanol–water partition coefficient (Wildman–Crippen LogP) is 2.53. The van der Waals surface area contributed by atoms with Crippen molar-refractivity contribution < 1.29 is 9.84 Å². The molecule has 0 heterocycles. The van der Waals surface area contributed by atoms with E-state index in [2.05, 4.69) is 0 Å². The molecule has 0 aliphatic rings. The minimum atomic E-state index is -0.384. The minimum absolute atomic E-state index is 0.384. The zero-order valence-corrected chi connectivity index (χ0v) is 9.10. The summed E-state index contributed by atoms with van der Waals surface area (Å²) in [6, 6.07) is 10.0. The number of benzene rings is 1. The van der Waals surface area contributed by atoms with Gasteiger partial charge in [0.15, 0.2) is 0 Å². The number of ether oxygens (including phenoxy) is 1. The van der Waals surface area contributed by atoms with E-state index in [-0.39, 0.29) is 6.10 Å². The number of hydrogen-bond donors (Lipinski definition) is 1. The summed E-state index contributed by atoms with van der Waals surface area (Å²) in [5.41, 5.74) is 1.16. The zero-order chi connectivity index (χ0) is 10.9. The standard InChI is InChI=1S/C13H18O2/c1-2-6-13(14)9-10-15-11-12-7-4-3-5-8-12/h2-8,13-14H,9-11H2,1H3/b6-2-/t13-/m1/s1. The molecule has 82 valence electrons. The van der Waals surface area contributed by atoms with Gasteiger partial charge in [-0.2, -0.15) is 0 Å². The second-order valence-corrected chi connectivity index (χ2v) is 3.42. The molecule has 0 saturated carbocycles. The van der Waals surface area contributed by atoms with Gasteiger partial charge in [0.1, 0.15) is 0 Å². The van der Waals surface area contributed by atoms with Gasteiger partial charge in [-0.1, -0.05) is 42.5 Å². The van der Waals surface area contributed by atoms with E-state index in [1.54, 1.807) is 6.08 Å². The first-order chi connectivity index (χ1) is 7.33. The molecule has 2 nitrogen and oxygen atoms in total. The molecule has 0 radical (unpaired) electrons. The molecular formula is C13H18O2. The fourth-order valence-electron chi connectivity index (χ4n) is 1.29. The number of hydrogen-bond acceptors (Lipinski definition) is 2. The Labute approximate surface area is 91.2 Å². The van der Waals surface area contributed by atoms with E-state index in [1.807, 2.05) is 43.3 Å². The smallest absolute Gasteiger partial charge is 0.0742 e. The molecule has 0 aliphatic carbocycles. The SMILES string of the molecule is C/C=C\[C@@H](O)CCOCc1ccccc1. The van der Waals surface area contributed by atoms with Crippen molar-refractivity contribution in [1.82, 2.24) is 0 Å². The van der Waals surface area contributed by atoms with Crippen LogP contribution in [0.15, 0.2) is 42.5 Å². The quantitative estimate of drug-likeness (QED) is 0.572. The van der Waals surface area contributed by atoms with Crippen molar-refractivity contribution in [3.05, 3.63) is 48.0 Å². The van der Waals surface area contributed by atoms with E-state index in [1.165, 1.54) is 0 Å². The van der Waals surface area contributed by atoms with E-state index >= 15 is 0 Å². The molecule has 1 rings (SSSR count). The van der Waals surface area contributed by atoms with Crippen LogP contribution in [0.25, 0.3) is 0 Å². The van der Waals surface area contributed by atoms with E-state index in [9.17, 15) is 5.11 Å². The van der Waals surface area contributed by atoms with E-state index < -0.39 is 0 Å². The van der Waals surface area contributed by atoms with Gasteiger partial charge in [0.2, 0.25) is 0 Å². The maximum atomic E-state index is 9.38. The lowest BCUT2D eigenvalue weighted by Crippen LogP contribution is -2.07. The van der Waals surface area contributed by atoms with Crippen molar-refractivity contribution in [3.63, 3.8) is 0 Å². The summed E-state index contributed by atoms with van der Waals surface area (Å²) >= 11 is 0. The number of rotatable bonds is 6. The summed E-state index contributed by atoms with van der Waals surface area (Å²) in [6.07, 6.45) is 3.89. The maximum Gasteiger partial charge on any atom is 0.0742 e. The molecule has 0 unspecified atom stereocenters. The molecule has 1 N–H and O–H groups in total. The molecule has 15 heavy (non-hydrogen) atoms. The van der Waals surface area contributed by atoms with Crippen molar-refractivity contribution in [2.75, 3.05) is 6.61 Å². The monoisotopic (exact) mass is 206 g/mol. The summed E-state index contributed by atoms with van der Waals surface area (Å²) < 4.78 is 5.44. The van der Waals surface area contributed by atoms with Gasteiger partial charge in [-0.15, -0.1) is 0 Å². The van der Waals surface area contributed by atoms with Crippen molar-refractivity contribution in [2.24, 2.45) is 0 Å². The largest absolute Gasteiger partial charge is 0.389 e. The molecule has 0 spiro atoms. The first-order valence-corrected chi connectivity index (χ1v) is 5.25. The highest BCUT2D eigenvalue weighted by Gasteiger charge is 1.98. The Kier molecular flexibility index (Phi) is 5.74. The first kappa shape index (κ1) is 12.0. The number of aliphatic hydroxyl groups excluding tert-OH is 1.